The van der Waals surface area contributed by atoms with Gasteiger partial charge >= 0.3 is 0 Å². The van der Waals surface area contributed by atoms with E-state index in [0.717, 1.165) is 12.8 Å². The largest absolute Gasteiger partial charge is 0.229 e. The zero-order valence-corrected chi connectivity index (χ0v) is 24.3. The van der Waals surface area contributed by atoms with E-state index in [4.69, 9.17) is 0 Å². The first-order chi connectivity index (χ1) is 13.3. The van der Waals surface area contributed by atoms with Crippen LogP contribution in [-0.2, 0) is 29.5 Å². The molecule has 0 unspecified atom stereocenters. The molecular weight excluding hydrogens is 456 g/mol. The fourth-order valence-electron chi connectivity index (χ4n) is 2.44. The second kappa shape index (κ2) is 11.3. The topological polar surface area (TPSA) is 102 Å². The van der Waals surface area contributed by atoms with Crippen LogP contribution in [0.1, 0.15) is 102 Å². The van der Waals surface area contributed by atoms with E-state index in [1.165, 1.54) is 19.1 Å². The highest BCUT2D eigenvalue weighted by atomic mass is 32.2. The van der Waals surface area contributed by atoms with Gasteiger partial charge in [-0.3, -0.25) is 0 Å². The molecule has 0 aliphatic heterocycles. The highest BCUT2D eigenvalue weighted by molar-refractivity contribution is 7.93. The Morgan fingerprint density at radius 2 is 1.00 bits per heavy atom. The predicted octanol–water partition coefficient (Wildman–Crippen LogP) is 4.83. The highest BCUT2D eigenvalue weighted by Gasteiger charge is 2.33. The van der Waals surface area contributed by atoms with Gasteiger partial charge in [-0.15, -0.1) is 0 Å². The summed E-state index contributed by atoms with van der Waals surface area (Å²) in [7, 11) is -8.64. The Balaban J connectivity index is 0. The lowest BCUT2D eigenvalue weighted by Gasteiger charge is -2.21. The number of rotatable bonds is 3. The van der Waals surface area contributed by atoms with Crippen molar-refractivity contribution in [1.29, 1.82) is 0 Å². The van der Waals surface area contributed by atoms with Crippen molar-refractivity contribution in [1.82, 2.24) is 0 Å². The molecule has 0 spiro atoms. The van der Waals surface area contributed by atoms with Crippen molar-refractivity contribution >= 4 is 29.5 Å². The molecule has 9 heteroatoms. The monoisotopic (exact) mass is 504 g/mol. The zero-order chi connectivity index (χ0) is 25.7. The van der Waals surface area contributed by atoms with Crippen molar-refractivity contribution < 1.29 is 25.3 Å². The van der Waals surface area contributed by atoms with Crippen LogP contribution in [0.25, 0.3) is 0 Å². The molecule has 0 aromatic heterocycles. The lowest BCUT2D eigenvalue weighted by molar-refractivity contribution is 0.531. The molecule has 0 bridgehead atoms. The van der Waals surface area contributed by atoms with Crippen molar-refractivity contribution in [2.75, 3.05) is 12.0 Å². The second-order valence-electron chi connectivity index (χ2n) is 11.6. The zero-order valence-electron chi connectivity index (χ0n) is 21.9. The normalized spacial score (nSPS) is 16.9. The summed E-state index contributed by atoms with van der Waals surface area (Å²) >= 11 is 0. The summed E-state index contributed by atoms with van der Waals surface area (Å²) in [5.74, 6) is 0.834. The fourth-order valence-corrected chi connectivity index (χ4v) is 5.31. The van der Waals surface area contributed by atoms with Crippen LogP contribution in [0.5, 0.6) is 0 Å². The summed E-state index contributed by atoms with van der Waals surface area (Å²) in [6, 6.07) is 0. The van der Waals surface area contributed by atoms with Crippen LogP contribution >= 0.6 is 0 Å². The second-order valence-corrected chi connectivity index (χ2v) is 20.4. The quantitative estimate of drug-likeness (QED) is 0.545. The van der Waals surface area contributed by atoms with E-state index in [-0.39, 0.29) is 5.25 Å². The minimum absolute atomic E-state index is 0.271. The average molecular weight is 505 g/mol. The van der Waals surface area contributed by atoms with Gasteiger partial charge in [-0.25, -0.2) is 25.3 Å². The SMILES string of the molecule is CC(C)(C)S(=O)(=O)CC1CCCC1.CC(C)(C)S(C)(=O)=O.CC(C)S(=O)(=O)C(C)(C)C. The van der Waals surface area contributed by atoms with Gasteiger partial charge in [0.15, 0.2) is 29.5 Å². The van der Waals surface area contributed by atoms with Gasteiger partial charge in [0.1, 0.15) is 0 Å². The van der Waals surface area contributed by atoms with Crippen LogP contribution in [0.15, 0.2) is 0 Å². The molecule has 1 saturated carbocycles. The third kappa shape index (κ3) is 11.5. The van der Waals surface area contributed by atoms with Crippen LogP contribution in [0.4, 0.5) is 0 Å². The van der Waals surface area contributed by atoms with Gasteiger partial charge in [0.25, 0.3) is 0 Å². The maximum atomic E-state index is 11.8. The minimum atomic E-state index is -2.91. The van der Waals surface area contributed by atoms with Gasteiger partial charge in [-0.05, 0) is 94.9 Å². The number of sulfone groups is 3. The van der Waals surface area contributed by atoms with Crippen LogP contribution in [0.3, 0.4) is 0 Å². The third-order valence-electron chi connectivity index (χ3n) is 5.45. The van der Waals surface area contributed by atoms with Gasteiger partial charge < -0.3 is 0 Å². The van der Waals surface area contributed by atoms with E-state index >= 15 is 0 Å². The summed E-state index contributed by atoms with van der Waals surface area (Å²) in [6.45, 7) is 19.0. The molecular formula is C22H48O6S3. The molecule has 1 fully saturated rings. The Morgan fingerprint density at radius 1 is 0.677 bits per heavy atom. The maximum absolute atomic E-state index is 11.8. The molecule has 0 atom stereocenters. The number of hydrogen-bond acceptors (Lipinski definition) is 6. The molecule has 0 N–H and O–H groups in total. The Labute approximate surface area is 193 Å². The molecule has 0 amide bonds. The summed E-state index contributed by atoms with van der Waals surface area (Å²) in [5.41, 5.74) is 0. The van der Waals surface area contributed by atoms with Gasteiger partial charge in [0.2, 0.25) is 0 Å². The molecule has 0 heterocycles. The first-order valence-electron chi connectivity index (χ1n) is 10.9. The molecule has 0 radical (unpaired) electrons. The van der Waals surface area contributed by atoms with E-state index in [1.807, 2.05) is 0 Å². The first kappa shape index (κ1) is 33.0. The lowest BCUT2D eigenvalue weighted by Crippen LogP contribution is -2.34. The minimum Gasteiger partial charge on any atom is -0.229 e. The standard InChI is InChI=1S/C10H20O2S.C7H16O2S.C5H12O2S/c1-10(2,3)13(11,12)8-9-6-4-5-7-9;1-6(2)10(8,9)7(3,4)5;1-5(2,3)8(4,6)7/h9H,4-8H2,1-3H3;6H,1-5H3;1-4H3. The molecule has 31 heavy (non-hydrogen) atoms. The molecule has 1 aliphatic carbocycles. The van der Waals surface area contributed by atoms with E-state index in [0.29, 0.717) is 11.7 Å². The Morgan fingerprint density at radius 3 is 1.16 bits per heavy atom. The lowest BCUT2D eigenvalue weighted by atomic mass is 10.1. The van der Waals surface area contributed by atoms with E-state index in [9.17, 15) is 25.3 Å². The molecule has 1 aliphatic rings. The van der Waals surface area contributed by atoms with E-state index in [1.54, 1.807) is 76.2 Å². The van der Waals surface area contributed by atoms with Crippen molar-refractivity contribution in [3.63, 3.8) is 0 Å². The summed E-state index contributed by atoms with van der Waals surface area (Å²) in [4.78, 5) is 0. The average Bonchev–Trinajstić information content (AvgIpc) is 2.96. The van der Waals surface area contributed by atoms with Gasteiger partial charge in [-0.2, -0.15) is 0 Å². The summed E-state index contributed by atoms with van der Waals surface area (Å²) < 4.78 is 65.9. The third-order valence-corrected chi connectivity index (χ3v) is 13.4. The Bertz CT molecular complexity index is 840. The highest BCUT2D eigenvalue weighted by Crippen LogP contribution is 2.29. The molecule has 0 aromatic rings. The Kier molecular flexibility index (Phi) is 12.1. The van der Waals surface area contributed by atoms with Gasteiger partial charge in [0.05, 0.1) is 25.2 Å². The maximum Gasteiger partial charge on any atom is 0.157 e. The van der Waals surface area contributed by atoms with Crippen LogP contribution in [0, 0.1) is 5.92 Å². The molecule has 190 valence electrons. The van der Waals surface area contributed by atoms with E-state index in [2.05, 4.69) is 0 Å². The fraction of sp³-hybridized carbons (Fsp3) is 1.00. The van der Waals surface area contributed by atoms with Crippen molar-refractivity contribution in [3.05, 3.63) is 0 Å². The summed E-state index contributed by atoms with van der Waals surface area (Å²) in [6.07, 6.45) is 5.88. The van der Waals surface area contributed by atoms with Crippen LogP contribution < -0.4 is 0 Å². The van der Waals surface area contributed by atoms with Crippen molar-refractivity contribution in [2.45, 2.75) is 121 Å². The van der Waals surface area contributed by atoms with Crippen molar-refractivity contribution in [3.8, 4) is 0 Å². The summed E-state index contributed by atoms with van der Waals surface area (Å²) in [5, 5.41) is -0.271. The van der Waals surface area contributed by atoms with Gasteiger partial charge in [-0.1, -0.05) is 12.8 Å². The van der Waals surface area contributed by atoms with E-state index < -0.39 is 43.8 Å². The smallest absolute Gasteiger partial charge is 0.157 e. The molecule has 6 nitrogen and oxygen atoms in total. The number of hydrogen-bond donors (Lipinski definition) is 0. The Hall–Kier alpha value is -0.150. The van der Waals surface area contributed by atoms with Crippen LogP contribution in [0.2, 0.25) is 0 Å². The van der Waals surface area contributed by atoms with Crippen LogP contribution in [-0.4, -0.2) is 56.8 Å². The molecule has 1 rings (SSSR count). The predicted molar refractivity (Wildman–Crippen MR) is 134 cm³/mol. The molecule has 0 aromatic carbocycles. The first-order valence-corrected chi connectivity index (χ1v) is 16.0. The van der Waals surface area contributed by atoms with Gasteiger partial charge in [0, 0.05) is 6.26 Å². The van der Waals surface area contributed by atoms with Crippen molar-refractivity contribution in [2.24, 2.45) is 5.92 Å². The molecule has 0 saturated heterocycles.